The Morgan fingerprint density at radius 1 is 1.40 bits per heavy atom. The molecule has 0 bridgehead atoms. The quantitative estimate of drug-likeness (QED) is 0.619. The summed E-state index contributed by atoms with van der Waals surface area (Å²) in [5.74, 6) is 0.119. The molecule has 0 aromatic heterocycles. The first kappa shape index (κ1) is 10.9. The van der Waals surface area contributed by atoms with E-state index >= 15 is 0 Å². The molecule has 84 valence electrons. The van der Waals surface area contributed by atoms with Gasteiger partial charge in [-0.2, -0.15) is 0 Å². The molecule has 0 aromatic rings. The number of hydrogen-bond acceptors (Lipinski definition) is 2. The molecule has 1 fully saturated rings. The number of Topliss-reactive ketones (excluding diaryl/α,β-unsaturated/α-hetero) is 1. The zero-order valence-corrected chi connectivity index (χ0v) is 10.1. The lowest BCUT2D eigenvalue weighted by atomic mass is 9.67. The van der Waals surface area contributed by atoms with E-state index in [-0.39, 0.29) is 22.9 Å². The summed E-state index contributed by atoms with van der Waals surface area (Å²) < 4.78 is 5.91. The van der Waals surface area contributed by atoms with Crippen molar-refractivity contribution in [1.82, 2.24) is 0 Å². The first-order valence-electron chi connectivity index (χ1n) is 5.76. The maximum absolute atomic E-state index is 11.4. The van der Waals surface area contributed by atoms with Crippen LogP contribution in [-0.4, -0.2) is 17.5 Å². The van der Waals surface area contributed by atoms with E-state index in [4.69, 9.17) is 4.74 Å². The second-order valence-electron chi connectivity index (χ2n) is 5.70. The fraction of sp³-hybridized carbons (Fsp3) is 0.769. The number of hydrogen-bond donors (Lipinski definition) is 0. The van der Waals surface area contributed by atoms with E-state index < -0.39 is 0 Å². The highest BCUT2D eigenvalue weighted by Crippen LogP contribution is 2.51. The predicted molar refractivity (Wildman–Crippen MR) is 59.7 cm³/mol. The van der Waals surface area contributed by atoms with E-state index in [2.05, 4.69) is 26.8 Å². The molecule has 2 unspecified atom stereocenters. The molecule has 2 heteroatoms. The number of fused-ring (bicyclic) bond motifs is 1. The highest BCUT2D eigenvalue weighted by atomic mass is 16.5. The van der Waals surface area contributed by atoms with Crippen LogP contribution in [0.2, 0.25) is 0 Å². The Balaban J connectivity index is 2.36. The minimum absolute atomic E-state index is 0.119. The van der Waals surface area contributed by atoms with E-state index in [1.807, 2.05) is 0 Å². The fourth-order valence-electron chi connectivity index (χ4n) is 3.04. The van der Waals surface area contributed by atoms with Crippen molar-refractivity contribution in [2.75, 3.05) is 0 Å². The van der Waals surface area contributed by atoms with Crippen LogP contribution in [0.25, 0.3) is 0 Å². The molecule has 2 nitrogen and oxygen atoms in total. The summed E-state index contributed by atoms with van der Waals surface area (Å²) >= 11 is 0. The lowest BCUT2D eigenvalue weighted by molar-refractivity contribution is -0.131. The summed E-state index contributed by atoms with van der Waals surface area (Å²) in [5.41, 5.74) is 1.34. The zero-order chi connectivity index (χ0) is 11.3. The molecule has 1 aliphatic heterocycles. The molecule has 1 aliphatic carbocycles. The van der Waals surface area contributed by atoms with Crippen LogP contribution in [0.4, 0.5) is 0 Å². The Morgan fingerprint density at radius 2 is 2.07 bits per heavy atom. The van der Waals surface area contributed by atoms with Gasteiger partial charge in [-0.05, 0) is 50.2 Å². The van der Waals surface area contributed by atoms with Gasteiger partial charge in [0.25, 0.3) is 0 Å². The maximum atomic E-state index is 11.4. The minimum atomic E-state index is -0.303. The van der Waals surface area contributed by atoms with E-state index in [1.54, 1.807) is 6.92 Å². The highest BCUT2D eigenvalue weighted by Gasteiger charge is 2.48. The molecule has 2 aliphatic rings. The van der Waals surface area contributed by atoms with Crippen molar-refractivity contribution in [3.63, 3.8) is 0 Å². The van der Waals surface area contributed by atoms with E-state index in [9.17, 15) is 4.79 Å². The largest absolute Gasteiger partial charge is 0.356 e. The summed E-state index contributed by atoms with van der Waals surface area (Å²) in [6, 6.07) is 0. The normalized spacial score (nSPS) is 38.4. The maximum Gasteiger partial charge on any atom is 0.162 e. The molecule has 2 atom stereocenters. The minimum Gasteiger partial charge on any atom is -0.356 e. The molecule has 0 N–H and O–H groups in total. The first-order valence-corrected chi connectivity index (χ1v) is 5.76. The van der Waals surface area contributed by atoms with Gasteiger partial charge in [0, 0.05) is 0 Å². The summed E-state index contributed by atoms with van der Waals surface area (Å²) in [6.07, 6.45) is 5.18. The zero-order valence-electron chi connectivity index (χ0n) is 10.1. The molecule has 0 spiro atoms. The second kappa shape index (κ2) is 3.18. The van der Waals surface area contributed by atoms with Crippen LogP contribution in [0.3, 0.4) is 0 Å². The lowest BCUT2D eigenvalue weighted by Gasteiger charge is -2.42. The Bertz CT molecular complexity index is 327. The van der Waals surface area contributed by atoms with E-state index in [0.717, 1.165) is 6.42 Å². The molecular weight excluding hydrogens is 188 g/mol. The third kappa shape index (κ3) is 1.65. The second-order valence-corrected chi connectivity index (χ2v) is 5.70. The molecule has 0 aromatic carbocycles. The van der Waals surface area contributed by atoms with Gasteiger partial charge in [0.2, 0.25) is 0 Å². The van der Waals surface area contributed by atoms with Gasteiger partial charge < -0.3 is 4.74 Å². The van der Waals surface area contributed by atoms with Crippen molar-refractivity contribution >= 4 is 5.78 Å². The third-order valence-electron chi connectivity index (χ3n) is 3.86. The molecular formula is C13H20O2. The van der Waals surface area contributed by atoms with Crippen LogP contribution < -0.4 is 0 Å². The molecule has 15 heavy (non-hydrogen) atoms. The number of ether oxygens (including phenoxy) is 1. The average molecular weight is 208 g/mol. The molecule has 0 saturated heterocycles. The van der Waals surface area contributed by atoms with Gasteiger partial charge in [0.1, 0.15) is 6.10 Å². The third-order valence-corrected chi connectivity index (χ3v) is 3.86. The number of ketones is 1. The smallest absolute Gasteiger partial charge is 0.162 e. The van der Waals surface area contributed by atoms with Gasteiger partial charge in [-0.25, -0.2) is 0 Å². The summed E-state index contributed by atoms with van der Waals surface area (Å²) in [7, 11) is 0. The topological polar surface area (TPSA) is 26.3 Å². The van der Waals surface area contributed by atoms with Crippen molar-refractivity contribution in [3.05, 3.63) is 11.6 Å². The molecule has 0 amide bonds. The van der Waals surface area contributed by atoms with Crippen LogP contribution in [0.15, 0.2) is 11.6 Å². The molecule has 2 rings (SSSR count). The summed E-state index contributed by atoms with van der Waals surface area (Å²) in [5, 5.41) is 0. The van der Waals surface area contributed by atoms with Gasteiger partial charge in [-0.15, -0.1) is 0 Å². The SMILES string of the molecule is CC(=O)C1C=C2C(C)(C)CCCC2(C)O1. The highest BCUT2D eigenvalue weighted by molar-refractivity contribution is 5.83. The number of carbonyl (C=O) groups excluding carboxylic acids is 1. The van der Waals surface area contributed by atoms with Gasteiger partial charge in [-0.3, -0.25) is 4.79 Å². The van der Waals surface area contributed by atoms with Crippen LogP contribution in [0.1, 0.15) is 47.0 Å². The van der Waals surface area contributed by atoms with E-state index in [0.29, 0.717) is 0 Å². The lowest BCUT2D eigenvalue weighted by Crippen LogP contribution is -2.39. The Morgan fingerprint density at radius 3 is 2.60 bits per heavy atom. The van der Waals surface area contributed by atoms with Crippen molar-refractivity contribution < 1.29 is 9.53 Å². The van der Waals surface area contributed by atoms with Crippen LogP contribution >= 0.6 is 0 Å². The summed E-state index contributed by atoms with van der Waals surface area (Å²) in [6.45, 7) is 8.24. The Hall–Kier alpha value is -0.630. The Kier molecular flexibility index (Phi) is 2.30. The van der Waals surface area contributed by atoms with E-state index in [1.165, 1.54) is 18.4 Å². The average Bonchev–Trinajstić information content (AvgIpc) is 2.43. The summed E-state index contributed by atoms with van der Waals surface area (Å²) in [4.78, 5) is 11.4. The number of rotatable bonds is 1. The Labute approximate surface area is 91.7 Å². The molecule has 1 saturated carbocycles. The fourth-order valence-corrected chi connectivity index (χ4v) is 3.04. The first-order chi connectivity index (χ1) is 6.85. The van der Waals surface area contributed by atoms with Crippen LogP contribution in [-0.2, 0) is 9.53 Å². The van der Waals surface area contributed by atoms with Crippen molar-refractivity contribution in [2.45, 2.75) is 58.7 Å². The predicted octanol–water partition coefficient (Wildman–Crippen LogP) is 2.87. The molecule has 1 heterocycles. The monoisotopic (exact) mass is 208 g/mol. The number of carbonyl (C=O) groups is 1. The van der Waals surface area contributed by atoms with Crippen LogP contribution in [0.5, 0.6) is 0 Å². The van der Waals surface area contributed by atoms with Gasteiger partial charge in [-0.1, -0.05) is 13.8 Å². The van der Waals surface area contributed by atoms with Gasteiger partial charge >= 0.3 is 0 Å². The van der Waals surface area contributed by atoms with Crippen molar-refractivity contribution in [3.8, 4) is 0 Å². The molecule has 0 radical (unpaired) electrons. The van der Waals surface area contributed by atoms with Gasteiger partial charge in [0.15, 0.2) is 5.78 Å². The van der Waals surface area contributed by atoms with Crippen molar-refractivity contribution in [1.29, 1.82) is 0 Å². The standard InChI is InChI=1S/C13H20O2/c1-9(14)10-8-11-12(2,3)6-5-7-13(11,4)15-10/h8,10H,5-7H2,1-4H3. The van der Waals surface area contributed by atoms with Crippen LogP contribution in [0, 0.1) is 5.41 Å². The van der Waals surface area contributed by atoms with Gasteiger partial charge in [0.05, 0.1) is 5.60 Å². The van der Waals surface area contributed by atoms with Crippen molar-refractivity contribution in [2.24, 2.45) is 5.41 Å².